The van der Waals surface area contributed by atoms with Gasteiger partial charge in [-0.1, -0.05) is 27.7 Å². The molecule has 0 saturated carbocycles. The first-order chi connectivity index (χ1) is 9.85. The number of anilines is 2. The minimum atomic E-state index is -0.353. The van der Waals surface area contributed by atoms with E-state index in [0.717, 1.165) is 24.5 Å². The molecule has 0 bridgehead atoms. The summed E-state index contributed by atoms with van der Waals surface area (Å²) in [6, 6.07) is 5.09. The number of nitro groups is 1. The number of nitro benzene ring substituents is 1. The van der Waals surface area contributed by atoms with Crippen molar-refractivity contribution in [1.29, 1.82) is 0 Å². The van der Waals surface area contributed by atoms with Gasteiger partial charge < -0.3 is 10.6 Å². The number of hydrogen-bond acceptors (Lipinski definition) is 4. The number of hydrogen-bond donors (Lipinski definition) is 2. The SMILES string of the molecule is CCNc1cc(NCC(C(C)C)C(C)C)cc([N+](=O)[O-])c1. The summed E-state index contributed by atoms with van der Waals surface area (Å²) in [6.07, 6.45) is 0. The second kappa shape index (κ2) is 7.86. The Labute approximate surface area is 127 Å². The Morgan fingerprint density at radius 2 is 1.57 bits per heavy atom. The molecule has 0 saturated heterocycles. The van der Waals surface area contributed by atoms with Crippen LogP contribution in [0.4, 0.5) is 17.1 Å². The van der Waals surface area contributed by atoms with E-state index in [-0.39, 0.29) is 10.6 Å². The lowest BCUT2D eigenvalue weighted by Gasteiger charge is -2.25. The zero-order valence-electron chi connectivity index (χ0n) is 13.6. The monoisotopic (exact) mass is 293 g/mol. The van der Waals surface area contributed by atoms with E-state index in [9.17, 15) is 10.1 Å². The summed E-state index contributed by atoms with van der Waals surface area (Å²) < 4.78 is 0. The number of nitrogens with zero attached hydrogens (tertiary/aromatic N) is 1. The number of non-ortho nitro benzene ring substituents is 1. The zero-order chi connectivity index (χ0) is 16.0. The summed E-state index contributed by atoms with van der Waals surface area (Å²) in [5, 5.41) is 17.5. The summed E-state index contributed by atoms with van der Waals surface area (Å²) in [5.41, 5.74) is 1.69. The molecule has 0 fully saturated rings. The van der Waals surface area contributed by atoms with E-state index in [4.69, 9.17) is 0 Å². The highest BCUT2D eigenvalue weighted by molar-refractivity contribution is 5.63. The van der Waals surface area contributed by atoms with E-state index >= 15 is 0 Å². The van der Waals surface area contributed by atoms with Crippen molar-refractivity contribution in [3.63, 3.8) is 0 Å². The van der Waals surface area contributed by atoms with E-state index in [1.54, 1.807) is 12.1 Å². The molecular formula is C16H27N3O2. The van der Waals surface area contributed by atoms with E-state index in [2.05, 4.69) is 38.3 Å². The molecule has 0 spiro atoms. The normalized spacial score (nSPS) is 11.2. The fourth-order valence-electron chi connectivity index (χ4n) is 2.60. The predicted octanol–water partition coefficient (Wildman–Crippen LogP) is 4.37. The van der Waals surface area contributed by atoms with Crippen LogP contribution in [0, 0.1) is 27.9 Å². The molecule has 1 aromatic carbocycles. The van der Waals surface area contributed by atoms with Crippen LogP contribution < -0.4 is 10.6 Å². The summed E-state index contributed by atoms with van der Waals surface area (Å²) in [6.45, 7) is 12.4. The summed E-state index contributed by atoms with van der Waals surface area (Å²) in [5.74, 6) is 1.68. The van der Waals surface area contributed by atoms with Gasteiger partial charge in [-0.25, -0.2) is 0 Å². The van der Waals surface area contributed by atoms with Crippen LogP contribution in [0.2, 0.25) is 0 Å². The van der Waals surface area contributed by atoms with Crippen LogP contribution >= 0.6 is 0 Å². The molecule has 0 unspecified atom stereocenters. The average Bonchev–Trinajstić information content (AvgIpc) is 2.38. The van der Waals surface area contributed by atoms with Crippen molar-refractivity contribution >= 4 is 17.1 Å². The van der Waals surface area contributed by atoms with Crippen LogP contribution in [0.25, 0.3) is 0 Å². The van der Waals surface area contributed by atoms with E-state index < -0.39 is 0 Å². The van der Waals surface area contributed by atoms with Crippen molar-refractivity contribution < 1.29 is 4.92 Å². The quantitative estimate of drug-likeness (QED) is 0.552. The van der Waals surface area contributed by atoms with Gasteiger partial charge in [0, 0.05) is 36.6 Å². The zero-order valence-corrected chi connectivity index (χ0v) is 13.6. The smallest absolute Gasteiger partial charge is 0.273 e. The average molecular weight is 293 g/mol. The molecule has 0 radical (unpaired) electrons. The Morgan fingerprint density at radius 3 is 2.00 bits per heavy atom. The van der Waals surface area contributed by atoms with E-state index in [1.165, 1.54) is 0 Å². The highest BCUT2D eigenvalue weighted by Crippen LogP contribution is 2.26. The molecular weight excluding hydrogens is 266 g/mol. The van der Waals surface area contributed by atoms with Crippen LogP contribution in [0.5, 0.6) is 0 Å². The molecule has 0 aromatic heterocycles. The largest absolute Gasteiger partial charge is 0.385 e. The third-order valence-corrected chi connectivity index (χ3v) is 3.76. The van der Waals surface area contributed by atoms with Gasteiger partial charge in [-0.05, 0) is 30.7 Å². The minimum Gasteiger partial charge on any atom is -0.385 e. The van der Waals surface area contributed by atoms with Gasteiger partial charge in [0.25, 0.3) is 5.69 Å². The topological polar surface area (TPSA) is 67.2 Å². The van der Waals surface area contributed by atoms with Crippen molar-refractivity contribution in [2.45, 2.75) is 34.6 Å². The molecule has 1 rings (SSSR count). The van der Waals surface area contributed by atoms with Crippen molar-refractivity contribution in [3.05, 3.63) is 28.3 Å². The maximum atomic E-state index is 11.0. The summed E-state index contributed by atoms with van der Waals surface area (Å²) in [7, 11) is 0. The van der Waals surface area contributed by atoms with Crippen molar-refractivity contribution in [2.75, 3.05) is 23.7 Å². The molecule has 118 valence electrons. The predicted molar refractivity (Wildman–Crippen MR) is 88.9 cm³/mol. The van der Waals surface area contributed by atoms with Gasteiger partial charge in [0.05, 0.1) is 4.92 Å². The third-order valence-electron chi connectivity index (χ3n) is 3.76. The molecule has 0 atom stereocenters. The van der Waals surface area contributed by atoms with Gasteiger partial charge in [0.2, 0.25) is 0 Å². The molecule has 21 heavy (non-hydrogen) atoms. The lowest BCUT2D eigenvalue weighted by molar-refractivity contribution is -0.384. The number of nitrogens with one attached hydrogen (secondary N) is 2. The van der Waals surface area contributed by atoms with Crippen LogP contribution in [0.3, 0.4) is 0 Å². The third kappa shape index (κ3) is 5.25. The van der Waals surface area contributed by atoms with Gasteiger partial charge in [-0.2, -0.15) is 0 Å². The van der Waals surface area contributed by atoms with Crippen LogP contribution in [-0.2, 0) is 0 Å². The maximum absolute atomic E-state index is 11.0. The van der Waals surface area contributed by atoms with Crippen LogP contribution in [0.15, 0.2) is 18.2 Å². The molecule has 0 amide bonds. The van der Waals surface area contributed by atoms with Gasteiger partial charge in [-0.3, -0.25) is 10.1 Å². The molecule has 0 aliphatic rings. The van der Waals surface area contributed by atoms with Gasteiger partial charge >= 0.3 is 0 Å². The van der Waals surface area contributed by atoms with E-state index in [1.807, 2.05) is 13.0 Å². The number of benzene rings is 1. The van der Waals surface area contributed by atoms with Crippen molar-refractivity contribution in [3.8, 4) is 0 Å². The fourth-order valence-corrected chi connectivity index (χ4v) is 2.60. The maximum Gasteiger partial charge on any atom is 0.273 e. The first-order valence-corrected chi connectivity index (χ1v) is 7.62. The fraction of sp³-hybridized carbons (Fsp3) is 0.625. The molecule has 2 N–H and O–H groups in total. The van der Waals surface area contributed by atoms with Gasteiger partial charge in [-0.15, -0.1) is 0 Å². The standard InChI is InChI=1S/C16H27N3O2/c1-6-17-13-7-14(9-15(8-13)19(20)21)18-10-16(11(2)3)12(4)5/h7-9,11-12,16-18H,6,10H2,1-5H3. The second-order valence-electron chi connectivity index (χ2n) is 6.09. The van der Waals surface area contributed by atoms with Gasteiger partial charge in [0.1, 0.15) is 0 Å². The first-order valence-electron chi connectivity index (χ1n) is 7.62. The minimum absolute atomic E-state index is 0.113. The molecule has 1 aromatic rings. The Morgan fingerprint density at radius 1 is 1.05 bits per heavy atom. The second-order valence-corrected chi connectivity index (χ2v) is 6.09. The molecule has 5 heteroatoms. The molecule has 5 nitrogen and oxygen atoms in total. The number of rotatable bonds is 8. The van der Waals surface area contributed by atoms with Crippen LogP contribution in [-0.4, -0.2) is 18.0 Å². The summed E-state index contributed by atoms with van der Waals surface area (Å²) >= 11 is 0. The Hall–Kier alpha value is -1.78. The van der Waals surface area contributed by atoms with Gasteiger partial charge in [0.15, 0.2) is 0 Å². The highest BCUT2D eigenvalue weighted by Gasteiger charge is 2.18. The van der Waals surface area contributed by atoms with Crippen LogP contribution in [0.1, 0.15) is 34.6 Å². The van der Waals surface area contributed by atoms with Crippen molar-refractivity contribution in [1.82, 2.24) is 0 Å². The first kappa shape index (κ1) is 17.3. The molecule has 0 heterocycles. The van der Waals surface area contributed by atoms with E-state index in [0.29, 0.717) is 17.8 Å². The van der Waals surface area contributed by atoms with Crippen molar-refractivity contribution in [2.24, 2.45) is 17.8 Å². The summed E-state index contributed by atoms with van der Waals surface area (Å²) in [4.78, 5) is 10.7. The lowest BCUT2D eigenvalue weighted by atomic mass is 9.85. The Kier molecular flexibility index (Phi) is 6.46. The molecule has 0 aliphatic heterocycles. The Bertz CT molecular complexity index is 465. The molecule has 0 aliphatic carbocycles. The Balaban J connectivity index is 2.88. The highest BCUT2D eigenvalue weighted by atomic mass is 16.6. The lowest BCUT2D eigenvalue weighted by Crippen LogP contribution is -2.24.